The van der Waals surface area contributed by atoms with Gasteiger partial charge in [0.15, 0.2) is 0 Å². The van der Waals surface area contributed by atoms with Crippen molar-refractivity contribution in [1.29, 1.82) is 0 Å². The first-order valence-electron chi connectivity index (χ1n) is 6.26. The zero-order valence-electron chi connectivity index (χ0n) is 10.5. The first-order valence-corrected chi connectivity index (χ1v) is 7.14. The van der Waals surface area contributed by atoms with Crippen LogP contribution >= 0.6 is 11.3 Å². The van der Waals surface area contributed by atoms with E-state index in [1.54, 1.807) is 11.3 Å². The molecule has 1 aromatic heterocycles. The SMILES string of the molecule is Cc1ccsc1C(C)NC1CCCCNC1=O. The Morgan fingerprint density at radius 1 is 1.53 bits per heavy atom. The molecule has 1 aliphatic rings. The summed E-state index contributed by atoms with van der Waals surface area (Å²) in [5.74, 6) is 0.156. The zero-order chi connectivity index (χ0) is 12.3. The van der Waals surface area contributed by atoms with Crippen LogP contribution < -0.4 is 10.6 Å². The van der Waals surface area contributed by atoms with Crippen LogP contribution in [0.3, 0.4) is 0 Å². The fraction of sp³-hybridized carbons (Fsp3) is 0.615. The summed E-state index contributed by atoms with van der Waals surface area (Å²) >= 11 is 1.76. The minimum atomic E-state index is -0.0333. The number of rotatable bonds is 3. The highest BCUT2D eigenvalue weighted by molar-refractivity contribution is 7.10. The predicted molar refractivity (Wildman–Crippen MR) is 71.3 cm³/mol. The maximum atomic E-state index is 11.8. The number of nitrogens with one attached hydrogen (secondary N) is 2. The molecule has 0 radical (unpaired) electrons. The van der Waals surface area contributed by atoms with Crippen molar-refractivity contribution in [2.24, 2.45) is 0 Å². The molecule has 0 spiro atoms. The van der Waals surface area contributed by atoms with Gasteiger partial charge in [-0.3, -0.25) is 10.1 Å². The standard InChI is InChI=1S/C13H20N2OS/c1-9-6-8-17-12(9)10(2)15-11-5-3-4-7-14-13(11)16/h6,8,10-11,15H,3-5,7H2,1-2H3,(H,14,16). The third kappa shape index (κ3) is 3.07. The van der Waals surface area contributed by atoms with Crippen LogP contribution in [0, 0.1) is 6.92 Å². The van der Waals surface area contributed by atoms with E-state index >= 15 is 0 Å². The highest BCUT2D eigenvalue weighted by atomic mass is 32.1. The van der Waals surface area contributed by atoms with Gasteiger partial charge in [0.2, 0.25) is 5.91 Å². The quantitative estimate of drug-likeness (QED) is 0.867. The second-order valence-corrected chi connectivity index (χ2v) is 5.64. The average molecular weight is 252 g/mol. The molecule has 17 heavy (non-hydrogen) atoms. The highest BCUT2D eigenvalue weighted by Gasteiger charge is 2.23. The second-order valence-electron chi connectivity index (χ2n) is 4.70. The fourth-order valence-electron chi connectivity index (χ4n) is 2.30. The first kappa shape index (κ1) is 12.6. The summed E-state index contributed by atoms with van der Waals surface area (Å²) in [4.78, 5) is 13.2. The average Bonchev–Trinajstić information content (AvgIpc) is 2.63. The Morgan fingerprint density at radius 2 is 2.35 bits per heavy atom. The minimum Gasteiger partial charge on any atom is -0.355 e. The summed E-state index contributed by atoms with van der Waals surface area (Å²) in [5, 5.41) is 8.52. The number of amides is 1. The third-order valence-corrected chi connectivity index (χ3v) is 4.48. The van der Waals surface area contributed by atoms with Crippen molar-refractivity contribution in [2.75, 3.05) is 6.54 Å². The summed E-state index contributed by atoms with van der Waals surface area (Å²) in [6.07, 6.45) is 3.16. The molecule has 4 heteroatoms. The van der Waals surface area contributed by atoms with Crippen LogP contribution in [0.25, 0.3) is 0 Å². The summed E-state index contributed by atoms with van der Waals surface area (Å²) in [6, 6.07) is 2.35. The number of aryl methyl sites for hydroxylation is 1. The van der Waals surface area contributed by atoms with Crippen LogP contribution in [0.15, 0.2) is 11.4 Å². The molecule has 0 aliphatic carbocycles. The van der Waals surface area contributed by atoms with Crippen molar-refractivity contribution in [3.8, 4) is 0 Å². The van der Waals surface area contributed by atoms with Gasteiger partial charge in [0.05, 0.1) is 6.04 Å². The topological polar surface area (TPSA) is 41.1 Å². The Balaban J connectivity index is 2.00. The van der Waals surface area contributed by atoms with E-state index < -0.39 is 0 Å². The molecule has 3 nitrogen and oxygen atoms in total. The molecule has 2 rings (SSSR count). The molecule has 1 amide bonds. The number of hydrogen-bond donors (Lipinski definition) is 2. The Bertz CT molecular complexity index is 389. The lowest BCUT2D eigenvalue weighted by Crippen LogP contribution is -2.43. The van der Waals surface area contributed by atoms with Crippen LogP contribution in [0.1, 0.15) is 42.7 Å². The molecule has 2 heterocycles. The van der Waals surface area contributed by atoms with E-state index in [-0.39, 0.29) is 18.0 Å². The van der Waals surface area contributed by atoms with Gasteiger partial charge in [-0.25, -0.2) is 0 Å². The van der Waals surface area contributed by atoms with Gasteiger partial charge in [0.1, 0.15) is 0 Å². The maximum Gasteiger partial charge on any atom is 0.237 e. The van der Waals surface area contributed by atoms with E-state index in [4.69, 9.17) is 0 Å². The lowest BCUT2D eigenvalue weighted by atomic mass is 10.1. The van der Waals surface area contributed by atoms with Crippen molar-refractivity contribution < 1.29 is 4.79 Å². The van der Waals surface area contributed by atoms with Crippen LogP contribution in [0.5, 0.6) is 0 Å². The Kier molecular flexibility index (Phi) is 4.18. The van der Waals surface area contributed by atoms with Gasteiger partial charge < -0.3 is 5.32 Å². The van der Waals surface area contributed by atoms with Crippen molar-refractivity contribution in [3.05, 3.63) is 21.9 Å². The minimum absolute atomic E-state index is 0.0333. The van der Waals surface area contributed by atoms with Crippen molar-refractivity contribution in [3.63, 3.8) is 0 Å². The van der Waals surface area contributed by atoms with Crippen LogP contribution in [-0.4, -0.2) is 18.5 Å². The normalized spacial score (nSPS) is 22.9. The maximum absolute atomic E-state index is 11.8. The molecule has 0 aromatic carbocycles. The van der Waals surface area contributed by atoms with Gasteiger partial charge in [0.25, 0.3) is 0 Å². The van der Waals surface area contributed by atoms with E-state index in [1.165, 1.54) is 10.4 Å². The van der Waals surface area contributed by atoms with Gasteiger partial charge in [0, 0.05) is 17.5 Å². The molecule has 1 saturated heterocycles. The molecular formula is C13H20N2OS. The van der Waals surface area contributed by atoms with Gasteiger partial charge >= 0.3 is 0 Å². The predicted octanol–water partition coefficient (Wildman–Crippen LogP) is 2.38. The highest BCUT2D eigenvalue weighted by Crippen LogP contribution is 2.24. The fourth-order valence-corrected chi connectivity index (χ4v) is 3.25. The smallest absolute Gasteiger partial charge is 0.237 e. The summed E-state index contributed by atoms with van der Waals surface area (Å²) in [5.41, 5.74) is 1.31. The first-order chi connectivity index (χ1) is 8.18. The van der Waals surface area contributed by atoms with Gasteiger partial charge in [-0.1, -0.05) is 0 Å². The summed E-state index contributed by atoms with van der Waals surface area (Å²) in [6.45, 7) is 5.08. The Hall–Kier alpha value is -0.870. The Labute approximate surface area is 107 Å². The third-order valence-electron chi connectivity index (χ3n) is 3.28. The van der Waals surface area contributed by atoms with E-state index in [2.05, 4.69) is 35.9 Å². The molecule has 2 N–H and O–H groups in total. The van der Waals surface area contributed by atoms with Gasteiger partial charge in [-0.05, 0) is 50.1 Å². The number of carbonyl (C=O) groups excluding carboxylic acids is 1. The Morgan fingerprint density at radius 3 is 3.06 bits per heavy atom. The molecule has 1 fully saturated rings. The lowest BCUT2D eigenvalue weighted by molar-refractivity contribution is -0.123. The largest absolute Gasteiger partial charge is 0.355 e. The number of carbonyl (C=O) groups is 1. The molecule has 1 aliphatic heterocycles. The van der Waals surface area contributed by atoms with Gasteiger partial charge in [-0.15, -0.1) is 11.3 Å². The van der Waals surface area contributed by atoms with Crippen LogP contribution in [0.2, 0.25) is 0 Å². The monoisotopic (exact) mass is 252 g/mol. The van der Waals surface area contributed by atoms with Crippen molar-refractivity contribution in [2.45, 2.75) is 45.2 Å². The van der Waals surface area contributed by atoms with E-state index in [0.29, 0.717) is 0 Å². The van der Waals surface area contributed by atoms with Crippen molar-refractivity contribution in [1.82, 2.24) is 10.6 Å². The molecule has 2 atom stereocenters. The molecule has 0 saturated carbocycles. The molecule has 1 aromatic rings. The second kappa shape index (κ2) is 5.65. The van der Waals surface area contributed by atoms with E-state index in [9.17, 15) is 4.79 Å². The molecule has 94 valence electrons. The molecule has 2 unspecified atom stereocenters. The summed E-state index contributed by atoms with van der Waals surface area (Å²) in [7, 11) is 0. The van der Waals surface area contributed by atoms with Crippen LogP contribution in [-0.2, 0) is 4.79 Å². The number of thiophene rings is 1. The number of hydrogen-bond acceptors (Lipinski definition) is 3. The van der Waals surface area contributed by atoms with E-state index in [0.717, 1.165) is 25.8 Å². The van der Waals surface area contributed by atoms with Crippen LogP contribution in [0.4, 0.5) is 0 Å². The molecular weight excluding hydrogens is 232 g/mol. The van der Waals surface area contributed by atoms with E-state index in [1.807, 2.05) is 0 Å². The van der Waals surface area contributed by atoms with Crippen molar-refractivity contribution >= 4 is 17.2 Å². The van der Waals surface area contributed by atoms with Gasteiger partial charge in [-0.2, -0.15) is 0 Å². The summed E-state index contributed by atoms with van der Waals surface area (Å²) < 4.78 is 0. The lowest BCUT2D eigenvalue weighted by Gasteiger charge is -2.20. The zero-order valence-corrected chi connectivity index (χ0v) is 11.3. The molecule has 0 bridgehead atoms.